The van der Waals surface area contributed by atoms with E-state index >= 15 is 0 Å². The second-order valence-electron chi connectivity index (χ2n) is 5.52. The minimum atomic E-state index is -0.406. The van der Waals surface area contributed by atoms with E-state index in [1.165, 1.54) is 6.07 Å². The molecule has 2 rings (SSSR count). The van der Waals surface area contributed by atoms with E-state index in [4.69, 9.17) is 4.74 Å². The number of nitrogens with zero attached hydrogens (tertiary/aromatic N) is 1. The highest BCUT2D eigenvalue weighted by molar-refractivity contribution is 5.85. The van der Waals surface area contributed by atoms with Crippen molar-refractivity contribution < 1.29 is 14.5 Å². The van der Waals surface area contributed by atoms with Crippen LogP contribution in [0.4, 0.5) is 5.69 Å². The van der Waals surface area contributed by atoms with Crippen molar-refractivity contribution in [2.45, 2.75) is 32.4 Å². The Kier molecular flexibility index (Phi) is 7.41. The van der Waals surface area contributed by atoms with Gasteiger partial charge in [-0.15, -0.1) is 12.4 Å². The van der Waals surface area contributed by atoms with Gasteiger partial charge in [-0.25, -0.2) is 0 Å². The van der Waals surface area contributed by atoms with E-state index in [0.29, 0.717) is 25.2 Å². The quantitative estimate of drug-likeness (QED) is 0.629. The summed E-state index contributed by atoms with van der Waals surface area (Å²) in [5, 5.41) is 17.1. The Hall–Kier alpha value is -1.70. The van der Waals surface area contributed by atoms with E-state index in [-0.39, 0.29) is 36.1 Å². The third kappa shape index (κ3) is 5.46. The molecule has 1 saturated heterocycles. The molecule has 0 spiro atoms. The summed E-state index contributed by atoms with van der Waals surface area (Å²) in [5.74, 6) is -0.0984. The number of aryl methyl sites for hydroxylation is 1. The molecule has 1 aliphatic heterocycles. The smallest absolute Gasteiger partial charge is 0.272 e. The molecule has 1 fully saturated rings. The van der Waals surface area contributed by atoms with Gasteiger partial charge in [-0.3, -0.25) is 14.9 Å². The number of hydrogen-bond donors (Lipinski definition) is 2. The Morgan fingerprint density at radius 3 is 2.91 bits per heavy atom. The molecule has 0 bridgehead atoms. The zero-order valence-electron chi connectivity index (χ0n) is 13.2. The summed E-state index contributed by atoms with van der Waals surface area (Å²) in [5.41, 5.74) is 1.40. The maximum Gasteiger partial charge on any atom is 0.272 e. The van der Waals surface area contributed by atoms with Gasteiger partial charge in [0.15, 0.2) is 0 Å². The molecule has 7 nitrogen and oxygen atoms in total. The maximum atomic E-state index is 12.0. The van der Waals surface area contributed by atoms with Crippen molar-refractivity contribution in [3.63, 3.8) is 0 Å². The predicted octanol–water partition coefficient (Wildman–Crippen LogP) is 1.88. The van der Waals surface area contributed by atoms with Gasteiger partial charge in [-0.2, -0.15) is 0 Å². The van der Waals surface area contributed by atoms with Gasteiger partial charge in [-0.05, 0) is 19.4 Å². The lowest BCUT2D eigenvalue weighted by Gasteiger charge is -2.24. The normalized spacial score (nSPS) is 18.6. The van der Waals surface area contributed by atoms with Crippen LogP contribution in [0.15, 0.2) is 18.2 Å². The Morgan fingerprint density at radius 1 is 1.57 bits per heavy atom. The highest BCUT2D eigenvalue weighted by Gasteiger charge is 2.19. The molecule has 2 N–H and O–H groups in total. The van der Waals surface area contributed by atoms with Crippen molar-refractivity contribution in [2.75, 3.05) is 19.8 Å². The number of ether oxygens (including phenoxy) is 1. The molecule has 8 heteroatoms. The molecule has 1 amide bonds. The molecule has 0 saturated carbocycles. The number of halogens is 1. The molecule has 23 heavy (non-hydrogen) atoms. The lowest BCUT2D eigenvalue weighted by atomic mass is 10.0. The average molecular weight is 344 g/mol. The zero-order valence-corrected chi connectivity index (χ0v) is 14.0. The van der Waals surface area contributed by atoms with E-state index in [0.717, 1.165) is 12.1 Å². The third-order valence-electron chi connectivity index (χ3n) is 3.74. The first-order chi connectivity index (χ1) is 10.5. The lowest BCUT2D eigenvalue weighted by molar-refractivity contribution is -0.385. The second kappa shape index (κ2) is 8.81. The number of rotatable bonds is 5. The number of carbonyl (C=O) groups excluding carboxylic acids is 1. The fourth-order valence-corrected chi connectivity index (χ4v) is 2.45. The van der Waals surface area contributed by atoms with Gasteiger partial charge in [0.2, 0.25) is 5.91 Å². The van der Waals surface area contributed by atoms with Crippen molar-refractivity contribution in [2.24, 2.45) is 0 Å². The summed E-state index contributed by atoms with van der Waals surface area (Å²) in [7, 11) is 0. The molecule has 1 aliphatic rings. The van der Waals surface area contributed by atoms with Crippen LogP contribution in [-0.2, 0) is 9.53 Å². The first-order valence-electron chi connectivity index (χ1n) is 7.33. The minimum Gasteiger partial charge on any atom is -0.378 e. The van der Waals surface area contributed by atoms with Gasteiger partial charge < -0.3 is 15.4 Å². The molecular formula is C15H22ClN3O4. The molecule has 1 heterocycles. The highest BCUT2D eigenvalue weighted by Crippen LogP contribution is 2.23. The van der Waals surface area contributed by atoms with Crippen molar-refractivity contribution in [1.82, 2.24) is 10.6 Å². The highest BCUT2D eigenvalue weighted by atomic mass is 35.5. The monoisotopic (exact) mass is 343 g/mol. The zero-order chi connectivity index (χ0) is 16.1. The van der Waals surface area contributed by atoms with Gasteiger partial charge in [0.25, 0.3) is 5.69 Å². The van der Waals surface area contributed by atoms with E-state index in [1.807, 2.05) is 6.92 Å². The fraction of sp³-hybridized carbons (Fsp3) is 0.533. The van der Waals surface area contributed by atoms with Gasteiger partial charge in [0.1, 0.15) is 0 Å². The maximum absolute atomic E-state index is 12.0. The Bertz CT molecular complexity index is 562. The van der Waals surface area contributed by atoms with Crippen molar-refractivity contribution in [3.8, 4) is 0 Å². The molecule has 0 aliphatic carbocycles. The van der Waals surface area contributed by atoms with Crippen LogP contribution in [0.1, 0.15) is 30.5 Å². The van der Waals surface area contributed by atoms with Crippen LogP contribution in [0.25, 0.3) is 0 Å². The second-order valence-corrected chi connectivity index (χ2v) is 5.52. The molecule has 0 radical (unpaired) electrons. The molecule has 1 aromatic carbocycles. The molecule has 1 aromatic rings. The van der Waals surface area contributed by atoms with Gasteiger partial charge in [0.05, 0.1) is 24.2 Å². The van der Waals surface area contributed by atoms with Crippen LogP contribution in [0.5, 0.6) is 0 Å². The SMILES string of the molecule is Cc1ccc(C(C)NC(=O)CC2COCCN2)cc1[N+](=O)[O-].Cl. The van der Waals surface area contributed by atoms with E-state index in [1.54, 1.807) is 19.1 Å². The van der Waals surface area contributed by atoms with Gasteiger partial charge in [0, 0.05) is 30.6 Å². The van der Waals surface area contributed by atoms with E-state index in [9.17, 15) is 14.9 Å². The van der Waals surface area contributed by atoms with Crippen LogP contribution >= 0.6 is 12.4 Å². The summed E-state index contributed by atoms with van der Waals surface area (Å²) in [6.45, 7) is 5.45. The first-order valence-corrected chi connectivity index (χ1v) is 7.33. The van der Waals surface area contributed by atoms with Crippen LogP contribution < -0.4 is 10.6 Å². The number of nitro groups is 1. The van der Waals surface area contributed by atoms with Crippen LogP contribution in [0.2, 0.25) is 0 Å². The van der Waals surface area contributed by atoms with Gasteiger partial charge in [-0.1, -0.05) is 12.1 Å². The number of nitro benzene ring substituents is 1. The van der Waals surface area contributed by atoms with Gasteiger partial charge >= 0.3 is 0 Å². The third-order valence-corrected chi connectivity index (χ3v) is 3.74. The van der Waals surface area contributed by atoms with Crippen molar-refractivity contribution in [1.29, 1.82) is 0 Å². The summed E-state index contributed by atoms with van der Waals surface area (Å²) < 4.78 is 5.31. The summed E-state index contributed by atoms with van der Waals surface area (Å²) >= 11 is 0. The van der Waals surface area contributed by atoms with Crippen molar-refractivity contribution >= 4 is 24.0 Å². The Labute approximate surface area is 141 Å². The number of nitrogens with one attached hydrogen (secondary N) is 2. The Morgan fingerprint density at radius 2 is 2.30 bits per heavy atom. The molecule has 2 atom stereocenters. The molecule has 128 valence electrons. The molecule has 2 unspecified atom stereocenters. The standard InChI is InChI=1S/C15H21N3O4.ClH/c1-10-3-4-12(7-14(10)18(20)21)11(2)17-15(19)8-13-9-22-6-5-16-13;/h3-4,7,11,13,16H,5-6,8-9H2,1-2H3,(H,17,19);1H. The van der Waals surface area contributed by atoms with E-state index < -0.39 is 4.92 Å². The largest absolute Gasteiger partial charge is 0.378 e. The minimum absolute atomic E-state index is 0. The van der Waals surface area contributed by atoms with Crippen molar-refractivity contribution in [3.05, 3.63) is 39.4 Å². The first kappa shape index (κ1) is 19.3. The topological polar surface area (TPSA) is 93.5 Å². The van der Waals surface area contributed by atoms with Crippen LogP contribution in [-0.4, -0.2) is 36.6 Å². The number of morpholine rings is 1. The number of hydrogen-bond acceptors (Lipinski definition) is 5. The predicted molar refractivity (Wildman–Crippen MR) is 88.9 cm³/mol. The number of carbonyl (C=O) groups is 1. The summed E-state index contributed by atoms with van der Waals surface area (Å²) in [6.07, 6.45) is 0.332. The summed E-state index contributed by atoms with van der Waals surface area (Å²) in [6, 6.07) is 4.76. The lowest BCUT2D eigenvalue weighted by Crippen LogP contribution is -2.44. The molecule has 0 aromatic heterocycles. The van der Waals surface area contributed by atoms with E-state index in [2.05, 4.69) is 10.6 Å². The molecular weight excluding hydrogens is 322 g/mol. The fourth-order valence-electron chi connectivity index (χ4n) is 2.45. The van der Waals surface area contributed by atoms with Crippen LogP contribution in [0.3, 0.4) is 0 Å². The number of amides is 1. The Balaban J connectivity index is 0.00000264. The average Bonchev–Trinajstić information content (AvgIpc) is 2.48. The summed E-state index contributed by atoms with van der Waals surface area (Å²) in [4.78, 5) is 22.6. The van der Waals surface area contributed by atoms with Crippen LogP contribution in [0, 0.1) is 17.0 Å². The number of benzene rings is 1.